The summed E-state index contributed by atoms with van der Waals surface area (Å²) in [5.41, 5.74) is 0. The first kappa shape index (κ1) is 11.3. The van der Waals surface area contributed by atoms with Crippen molar-refractivity contribution in [2.75, 3.05) is 13.1 Å². The minimum Gasteiger partial charge on any atom is -0.447 e. The molecule has 0 aromatic rings. The Labute approximate surface area is 86.4 Å². The van der Waals surface area contributed by atoms with Crippen LogP contribution in [-0.2, 0) is 4.74 Å². The molecule has 1 amide bonds. The van der Waals surface area contributed by atoms with E-state index in [1.165, 1.54) is 19.3 Å². The second kappa shape index (κ2) is 5.23. The van der Waals surface area contributed by atoms with Gasteiger partial charge in [-0.15, -0.1) is 0 Å². The molecule has 0 radical (unpaired) electrons. The van der Waals surface area contributed by atoms with Crippen LogP contribution in [0, 0.1) is 5.92 Å². The lowest BCUT2D eigenvalue weighted by Gasteiger charge is -2.38. The third-order valence-electron chi connectivity index (χ3n) is 2.52. The molecule has 3 heteroatoms. The molecule has 0 aromatic carbocycles. The van der Waals surface area contributed by atoms with Gasteiger partial charge in [0.15, 0.2) is 0 Å². The molecule has 0 unspecified atom stereocenters. The number of hydrogen-bond acceptors (Lipinski definition) is 2. The van der Waals surface area contributed by atoms with E-state index in [0.717, 1.165) is 19.0 Å². The smallest absolute Gasteiger partial charge is 0.410 e. The van der Waals surface area contributed by atoms with Crippen molar-refractivity contribution in [3.63, 3.8) is 0 Å². The number of likely N-dealkylation sites (tertiary alicyclic amines) is 1. The van der Waals surface area contributed by atoms with E-state index in [4.69, 9.17) is 4.74 Å². The maximum Gasteiger partial charge on any atom is 0.410 e. The van der Waals surface area contributed by atoms with Gasteiger partial charge in [-0.2, -0.15) is 0 Å². The van der Waals surface area contributed by atoms with Crippen molar-refractivity contribution in [3.8, 4) is 0 Å². The maximum atomic E-state index is 11.4. The second-order valence-corrected chi connectivity index (χ2v) is 4.35. The Balaban J connectivity index is 2.11. The number of rotatable bonds is 4. The molecule has 1 heterocycles. The van der Waals surface area contributed by atoms with Gasteiger partial charge < -0.3 is 9.64 Å². The van der Waals surface area contributed by atoms with Gasteiger partial charge in [0, 0.05) is 13.1 Å². The largest absolute Gasteiger partial charge is 0.447 e. The predicted octanol–water partition coefficient (Wildman–Crippen LogP) is 2.65. The highest BCUT2D eigenvalue weighted by molar-refractivity contribution is 5.68. The molecule has 0 bridgehead atoms. The van der Waals surface area contributed by atoms with E-state index in [1.807, 2.05) is 13.8 Å². The third-order valence-corrected chi connectivity index (χ3v) is 2.52. The van der Waals surface area contributed by atoms with Crippen LogP contribution in [0.1, 0.15) is 40.0 Å². The first-order chi connectivity index (χ1) is 6.63. The minimum atomic E-state index is -0.146. The lowest BCUT2D eigenvalue weighted by atomic mass is 9.95. The summed E-state index contributed by atoms with van der Waals surface area (Å²) in [6, 6.07) is 0. The Morgan fingerprint density at radius 2 is 2.14 bits per heavy atom. The molecule has 0 spiro atoms. The van der Waals surface area contributed by atoms with E-state index in [0.29, 0.717) is 0 Å². The lowest BCUT2D eigenvalue weighted by Crippen LogP contribution is -2.50. The van der Waals surface area contributed by atoms with Crippen LogP contribution in [0.2, 0.25) is 0 Å². The number of nitrogens with zero attached hydrogens (tertiary/aromatic N) is 1. The van der Waals surface area contributed by atoms with Gasteiger partial charge in [0.2, 0.25) is 0 Å². The molecule has 0 atom stereocenters. The van der Waals surface area contributed by atoms with Crippen molar-refractivity contribution in [1.82, 2.24) is 4.90 Å². The van der Waals surface area contributed by atoms with Crippen LogP contribution < -0.4 is 0 Å². The van der Waals surface area contributed by atoms with Gasteiger partial charge in [-0.1, -0.05) is 19.8 Å². The first-order valence-corrected chi connectivity index (χ1v) is 5.59. The molecule has 3 nitrogen and oxygen atoms in total. The first-order valence-electron chi connectivity index (χ1n) is 5.59. The van der Waals surface area contributed by atoms with Crippen LogP contribution in [0.4, 0.5) is 4.79 Å². The Morgan fingerprint density at radius 3 is 2.64 bits per heavy atom. The number of amides is 1. The molecule has 1 rings (SSSR count). The fraction of sp³-hybridized carbons (Fsp3) is 0.909. The van der Waals surface area contributed by atoms with E-state index in [2.05, 4.69) is 6.92 Å². The summed E-state index contributed by atoms with van der Waals surface area (Å²) in [6.07, 6.45) is 3.62. The topological polar surface area (TPSA) is 29.5 Å². The predicted molar refractivity (Wildman–Crippen MR) is 56.2 cm³/mol. The number of carbonyl (C=O) groups excluding carboxylic acids is 1. The second-order valence-electron chi connectivity index (χ2n) is 4.35. The molecule has 1 aliphatic heterocycles. The van der Waals surface area contributed by atoms with Crippen LogP contribution in [0.5, 0.6) is 0 Å². The molecule has 1 aliphatic rings. The number of hydrogen-bond donors (Lipinski definition) is 0. The zero-order valence-electron chi connectivity index (χ0n) is 9.45. The van der Waals surface area contributed by atoms with Gasteiger partial charge >= 0.3 is 6.09 Å². The molecule has 1 fully saturated rings. The van der Waals surface area contributed by atoms with E-state index in [-0.39, 0.29) is 12.2 Å². The van der Waals surface area contributed by atoms with Crippen LogP contribution in [0.15, 0.2) is 0 Å². The van der Waals surface area contributed by atoms with Crippen LogP contribution in [-0.4, -0.2) is 30.2 Å². The van der Waals surface area contributed by atoms with Crippen LogP contribution in [0.25, 0.3) is 0 Å². The molecule has 0 N–H and O–H groups in total. The molecule has 1 saturated heterocycles. The maximum absolute atomic E-state index is 11.4. The SMILES string of the molecule is CCCCC1CN(C(=O)OC(C)C)C1. The van der Waals surface area contributed by atoms with Crippen molar-refractivity contribution >= 4 is 6.09 Å². The van der Waals surface area contributed by atoms with Gasteiger partial charge in [0.05, 0.1) is 6.10 Å². The summed E-state index contributed by atoms with van der Waals surface area (Å²) in [5.74, 6) is 0.717. The van der Waals surface area contributed by atoms with Gasteiger partial charge in [-0.05, 0) is 26.2 Å². The Bertz CT molecular complexity index is 186. The number of carbonyl (C=O) groups is 1. The molecule has 0 aliphatic carbocycles. The quantitative estimate of drug-likeness (QED) is 0.696. The fourth-order valence-corrected chi connectivity index (χ4v) is 1.67. The Morgan fingerprint density at radius 1 is 1.50 bits per heavy atom. The lowest BCUT2D eigenvalue weighted by molar-refractivity contribution is 0.0342. The summed E-state index contributed by atoms with van der Waals surface area (Å²) in [4.78, 5) is 13.2. The monoisotopic (exact) mass is 199 g/mol. The fourth-order valence-electron chi connectivity index (χ4n) is 1.67. The van der Waals surface area contributed by atoms with E-state index >= 15 is 0 Å². The Hall–Kier alpha value is -0.730. The van der Waals surface area contributed by atoms with E-state index in [1.54, 1.807) is 4.90 Å². The molecule has 0 aromatic heterocycles. The average molecular weight is 199 g/mol. The Kier molecular flexibility index (Phi) is 4.23. The molecule has 0 saturated carbocycles. The number of ether oxygens (including phenoxy) is 1. The summed E-state index contributed by atoms with van der Waals surface area (Å²) in [6.45, 7) is 7.75. The molecular weight excluding hydrogens is 178 g/mol. The summed E-state index contributed by atoms with van der Waals surface area (Å²) in [7, 11) is 0. The molecular formula is C11H21NO2. The number of unbranched alkanes of at least 4 members (excludes halogenated alkanes) is 1. The standard InChI is InChI=1S/C11H21NO2/c1-4-5-6-10-7-12(8-10)11(13)14-9(2)3/h9-10H,4-8H2,1-3H3. The van der Waals surface area contributed by atoms with Crippen molar-refractivity contribution in [2.24, 2.45) is 5.92 Å². The summed E-state index contributed by atoms with van der Waals surface area (Å²) >= 11 is 0. The van der Waals surface area contributed by atoms with Gasteiger partial charge in [-0.25, -0.2) is 4.79 Å². The van der Waals surface area contributed by atoms with E-state index < -0.39 is 0 Å². The minimum absolute atomic E-state index is 0.00260. The highest BCUT2D eigenvalue weighted by Crippen LogP contribution is 2.22. The zero-order chi connectivity index (χ0) is 10.6. The van der Waals surface area contributed by atoms with Crippen LogP contribution in [0.3, 0.4) is 0 Å². The normalized spacial score (nSPS) is 17.0. The van der Waals surface area contributed by atoms with Crippen molar-refractivity contribution in [3.05, 3.63) is 0 Å². The van der Waals surface area contributed by atoms with Crippen molar-refractivity contribution in [2.45, 2.75) is 46.1 Å². The molecule has 82 valence electrons. The van der Waals surface area contributed by atoms with Crippen molar-refractivity contribution in [1.29, 1.82) is 0 Å². The van der Waals surface area contributed by atoms with Gasteiger partial charge in [0.25, 0.3) is 0 Å². The average Bonchev–Trinajstić information content (AvgIpc) is 2.00. The van der Waals surface area contributed by atoms with Crippen molar-refractivity contribution < 1.29 is 9.53 Å². The zero-order valence-corrected chi connectivity index (χ0v) is 9.45. The highest BCUT2D eigenvalue weighted by Gasteiger charge is 2.31. The third kappa shape index (κ3) is 3.20. The summed E-state index contributed by atoms with van der Waals surface area (Å²) in [5, 5.41) is 0. The van der Waals surface area contributed by atoms with Gasteiger partial charge in [0.1, 0.15) is 0 Å². The van der Waals surface area contributed by atoms with E-state index in [9.17, 15) is 4.79 Å². The summed E-state index contributed by atoms with van der Waals surface area (Å²) < 4.78 is 5.09. The van der Waals surface area contributed by atoms with Gasteiger partial charge in [-0.3, -0.25) is 0 Å². The van der Waals surface area contributed by atoms with Crippen LogP contribution >= 0.6 is 0 Å². The molecule has 14 heavy (non-hydrogen) atoms. The highest BCUT2D eigenvalue weighted by atomic mass is 16.6.